The Balaban J connectivity index is 2.32. The van der Waals surface area contributed by atoms with E-state index < -0.39 is 0 Å². The lowest BCUT2D eigenvalue weighted by Crippen LogP contribution is -1.96. The van der Waals surface area contributed by atoms with Crippen molar-refractivity contribution < 1.29 is 0 Å². The SMILES string of the molecule is CNc1ncccc1-c1nn(C)c2ccccc12. The lowest BCUT2D eigenvalue weighted by Gasteiger charge is -2.05. The maximum atomic E-state index is 4.61. The maximum Gasteiger partial charge on any atom is 0.135 e. The van der Waals surface area contributed by atoms with Crippen LogP contribution in [-0.4, -0.2) is 21.8 Å². The topological polar surface area (TPSA) is 42.7 Å². The van der Waals surface area contributed by atoms with Crippen molar-refractivity contribution in [2.75, 3.05) is 12.4 Å². The van der Waals surface area contributed by atoms with Gasteiger partial charge in [-0.05, 0) is 18.2 Å². The summed E-state index contributed by atoms with van der Waals surface area (Å²) < 4.78 is 1.90. The molecule has 1 N–H and O–H groups in total. The van der Waals surface area contributed by atoms with Crippen molar-refractivity contribution in [2.24, 2.45) is 7.05 Å². The molecule has 0 atom stereocenters. The summed E-state index contributed by atoms with van der Waals surface area (Å²) in [4.78, 5) is 4.33. The molecule has 2 heterocycles. The molecule has 2 aromatic heterocycles. The second-order valence-electron chi connectivity index (χ2n) is 4.14. The lowest BCUT2D eigenvalue weighted by atomic mass is 10.1. The number of fused-ring (bicyclic) bond motifs is 1. The van der Waals surface area contributed by atoms with Gasteiger partial charge in [-0.25, -0.2) is 4.98 Å². The third kappa shape index (κ3) is 1.54. The van der Waals surface area contributed by atoms with Gasteiger partial charge in [0.15, 0.2) is 0 Å². The van der Waals surface area contributed by atoms with Crippen LogP contribution in [-0.2, 0) is 7.05 Å². The molecular weight excluding hydrogens is 224 g/mol. The predicted molar refractivity (Wildman–Crippen MR) is 73.5 cm³/mol. The Kier molecular flexibility index (Phi) is 2.48. The van der Waals surface area contributed by atoms with E-state index >= 15 is 0 Å². The number of aromatic nitrogens is 3. The van der Waals surface area contributed by atoms with Crippen molar-refractivity contribution in [1.29, 1.82) is 0 Å². The summed E-state index contributed by atoms with van der Waals surface area (Å²) in [5.41, 5.74) is 3.11. The van der Waals surface area contributed by atoms with Crippen LogP contribution < -0.4 is 5.32 Å². The average molecular weight is 238 g/mol. The molecule has 3 rings (SSSR count). The minimum absolute atomic E-state index is 0.848. The van der Waals surface area contributed by atoms with Crippen LogP contribution in [0, 0.1) is 0 Å². The Bertz CT molecular complexity index is 700. The van der Waals surface area contributed by atoms with Gasteiger partial charge < -0.3 is 5.32 Å². The van der Waals surface area contributed by atoms with E-state index in [9.17, 15) is 0 Å². The summed E-state index contributed by atoms with van der Waals surface area (Å²) in [6, 6.07) is 12.2. The molecule has 90 valence electrons. The number of hydrogen-bond donors (Lipinski definition) is 1. The standard InChI is InChI=1S/C14H14N4/c1-15-14-11(7-5-9-16-14)13-10-6-3-4-8-12(10)18(2)17-13/h3-9H,1-2H3,(H,15,16). The van der Waals surface area contributed by atoms with Crippen LogP contribution in [0.3, 0.4) is 0 Å². The number of rotatable bonds is 2. The predicted octanol–water partition coefficient (Wildman–Crippen LogP) is 2.68. The number of aryl methyl sites for hydroxylation is 1. The van der Waals surface area contributed by atoms with Gasteiger partial charge in [0, 0.05) is 31.2 Å². The minimum atomic E-state index is 0.848. The summed E-state index contributed by atoms with van der Waals surface area (Å²) in [7, 11) is 3.83. The van der Waals surface area contributed by atoms with E-state index in [1.165, 1.54) is 0 Å². The highest BCUT2D eigenvalue weighted by molar-refractivity contribution is 5.95. The molecule has 0 spiro atoms. The number of pyridine rings is 1. The third-order valence-corrected chi connectivity index (χ3v) is 3.06. The fourth-order valence-electron chi connectivity index (χ4n) is 2.21. The fraction of sp³-hybridized carbons (Fsp3) is 0.143. The van der Waals surface area contributed by atoms with Crippen LogP contribution in [0.1, 0.15) is 0 Å². The van der Waals surface area contributed by atoms with Gasteiger partial charge in [0.1, 0.15) is 11.5 Å². The molecule has 0 unspecified atom stereocenters. The van der Waals surface area contributed by atoms with Crippen molar-refractivity contribution in [1.82, 2.24) is 14.8 Å². The Labute approximate surface area is 105 Å². The quantitative estimate of drug-likeness (QED) is 0.746. The van der Waals surface area contributed by atoms with Gasteiger partial charge in [0.2, 0.25) is 0 Å². The summed E-state index contributed by atoms with van der Waals surface area (Å²) in [5, 5.41) is 8.86. The van der Waals surface area contributed by atoms with E-state index in [1.807, 2.05) is 43.0 Å². The average Bonchev–Trinajstić information content (AvgIpc) is 2.77. The normalized spacial score (nSPS) is 10.8. The molecule has 0 saturated carbocycles. The number of anilines is 1. The molecule has 0 aliphatic rings. The van der Waals surface area contributed by atoms with Crippen molar-refractivity contribution in [3.63, 3.8) is 0 Å². The Morgan fingerprint density at radius 1 is 1.11 bits per heavy atom. The molecule has 0 bridgehead atoms. The summed E-state index contributed by atoms with van der Waals surface area (Å²) >= 11 is 0. The largest absolute Gasteiger partial charge is 0.373 e. The van der Waals surface area contributed by atoms with Crippen molar-refractivity contribution in [3.8, 4) is 11.3 Å². The Hall–Kier alpha value is -2.36. The van der Waals surface area contributed by atoms with Gasteiger partial charge in [0.25, 0.3) is 0 Å². The van der Waals surface area contributed by atoms with Gasteiger partial charge in [-0.2, -0.15) is 5.10 Å². The second-order valence-corrected chi connectivity index (χ2v) is 4.14. The zero-order valence-corrected chi connectivity index (χ0v) is 10.4. The molecule has 0 amide bonds. The van der Waals surface area contributed by atoms with Crippen LogP contribution >= 0.6 is 0 Å². The number of nitrogens with zero attached hydrogens (tertiary/aromatic N) is 3. The van der Waals surface area contributed by atoms with Crippen molar-refractivity contribution in [3.05, 3.63) is 42.6 Å². The number of benzene rings is 1. The molecule has 3 aromatic rings. The zero-order chi connectivity index (χ0) is 12.5. The first kappa shape index (κ1) is 10.8. The Morgan fingerprint density at radius 3 is 2.78 bits per heavy atom. The molecule has 1 aromatic carbocycles. The molecule has 18 heavy (non-hydrogen) atoms. The molecule has 0 radical (unpaired) electrons. The minimum Gasteiger partial charge on any atom is -0.373 e. The first-order valence-electron chi connectivity index (χ1n) is 5.86. The van der Waals surface area contributed by atoms with Crippen molar-refractivity contribution >= 4 is 16.7 Å². The van der Waals surface area contributed by atoms with E-state index in [-0.39, 0.29) is 0 Å². The van der Waals surface area contributed by atoms with Crippen LogP contribution in [0.2, 0.25) is 0 Å². The molecule has 0 fully saturated rings. The summed E-state index contributed by atoms with van der Waals surface area (Å²) in [6.45, 7) is 0. The van der Waals surface area contributed by atoms with E-state index in [0.29, 0.717) is 0 Å². The highest BCUT2D eigenvalue weighted by atomic mass is 15.3. The highest BCUT2D eigenvalue weighted by Gasteiger charge is 2.13. The van der Waals surface area contributed by atoms with Crippen molar-refractivity contribution in [2.45, 2.75) is 0 Å². The van der Waals surface area contributed by atoms with Crippen LogP contribution in [0.15, 0.2) is 42.6 Å². The van der Waals surface area contributed by atoms with Crippen LogP contribution in [0.4, 0.5) is 5.82 Å². The van der Waals surface area contributed by atoms with Crippen LogP contribution in [0.5, 0.6) is 0 Å². The van der Waals surface area contributed by atoms with Gasteiger partial charge in [0.05, 0.1) is 5.52 Å². The monoisotopic (exact) mass is 238 g/mol. The molecule has 4 heteroatoms. The first-order valence-corrected chi connectivity index (χ1v) is 5.86. The van der Waals surface area contributed by atoms with Crippen LogP contribution in [0.25, 0.3) is 22.2 Å². The van der Waals surface area contributed by atoms with Gasteiger partial charge in [-0.3, -0.25) is 4.68 Å². The molecular formula is C14H14N4. The molecule has 0 aliphatic carbocycles. The summed E-state index contributed by atoms with van der Waals surface area (Å²) in [5.74, 6) is 0.848. The smallest absolute Gasteiger partial charge is 0.135 e. The van der Waals surface area contributed by atoms with Gasteiger partial charge in [-0.1, -0.05) is 18.2 Å². The second kappa shape index (κ2) is 4.14. The van der Waals surface area contributed by atoms with Gasteiger partial charge in [-0.15, -0.1) is 0 Å². The fourth-order valence-corrected chi connectivity index (χ4v) is 2.21. The zero-order valence-electron chi connectivity index (χ0n) is 10.4. The highest BCUT2D eigenvalue weighted by Crippen LogP contribution is 2.30. The molecule has 4 nitrogen and oxygen atoms in total. The summed E-state index contributed by atoms with van der Waals surface area (Å²) in [6.07, 6.45) is 1.78. The number of hydrogen-bond acceptors (Lipinski definition) is 3. The number of nitrogens with one attached hydrogen (secondary N) is 1. The lowest BCUT2D eigenvalue weighted by molar-refractivity contribution is 0.800. The molecule has 0 saturated heterocycles. The maximum absolute atomic E-state index is 4.61. The molecule has 0 aliphatic heterocycles. The van der Waals surface area contributed by atoms with E-state index in [0.717, 1.165) is 28.0 Å². The van der Waals surface area contributed by atoms with E-state index in [1.54, 1.807) is 6.20 Å². The number of para-hydroxylation sites is 1. The third-order valence-electron chi connectivity index (χ3n) is 3.06. The van der Waals surface area contributed by atoms with E-state index in [4.69, 9.17) is 0 Å². The Morgan fingerprint density at radius 2 is 1.94 bits per heavy atom. The first-order chi connectivity index (χ1) is 8.81. The van der Waals surface area contributed by atoms with E-state index in [2.05, 4.69) is 27.5 Å². The van der Waals surface area contributed by atoms with Gasteiger partial charge >= 0.3 is 0 Å².